The maximum atomic E-state index is 4.64. The van der Waals surface area contributed by atoms with Gasteiger partial charge in [0.25, 0.3) is 0 Å². The lowest BCUT2D eigenvalue weighted by Gasteiger charge is -2.36. The van der Waals surface area contributed by atoms with E-state index >= 15 is 0 Å². The summed E-state index contributed by atoms with van der Waals surface area (Å²) < 4.78 is 3.16. The van der Waals surface area contributed by atoms with Crippen LogP contribution in [0, 0.1) is 13.8 Å². The molecule has 1 aliphatic rings. The lowest BCUT2D eigenvalue weighted by Crippen LogP contribution is -2.47. The van der Waals surface area contributed by atoms with Crippen LogP contribution < -0.4 is 9.80 Å². The Morgan fingerprint density at radius 3 is 2.46 bits per heavy atom. The fourth-order valence-electron chi connectivity index (χ4n) is 3.77. The van der Waals surface area contributed by atoms with Gasteiger partial charge in [0.15, 0.2) is 5.82 Å². The zero-order valence-electron chi connectivity index (χ0n) is 15.9. The van der Waals surface area contributed by atoms with Crippen molar-refractivity contribution < 1.29 is 0 Å². The number of aryl methyl sites for hydroxylation is 2. The molecule has 0 amide bonds. The second kappa shape index (κ2) is 6.87. The molecule has 0 saturated carbocycles. The van der Waals surface area contributed by atoms with Gasteiger partial charge in [-0.05, 0) is 37.4 Å². The van der Waals surface area contributed by atoms with Gasteiger partial charge in [0.05, 0.1) is 5.69 Å². The van der Waals surface area contributed by atoms with E-state index < -0.39 is 0 Å². The molecule has 5 rings (SSSR count). The van der Waals surface area contributed by atoms with E-state index in [4.69, 9.17) is 0 Å². The van der Waals surface area contributed by atoms with Crippen molar-refractivity contribution >= 4 is 33.1 Å². The Morgan fingerprint density at radius 1 is 0.893 bits per heavy atom. The number of hydrogen-bond donors (Lipinski definition) is 0. The van der Waals surface area contributed by atoms with Crippen molar-refractivity contribution in [2.75, 3.05) is 36.0 Å². The van der Waals surface area contributed by atoms with Crippen LogP contribution in [0.15, 0.2) is 42.2 Å². The van der Waals surface area contributed by atoms with Gasteiger partial charge in [-0.15, -0.1) is 11.3 Å². The van der Waals surface area contributed by atoms with Crippen LogP contribution in [0.25, 0.3) is 15.9 Å². The number of anilines is 2. The Kier molecular flexibility index (Phi) is 4.20. The molecule has 0 bridgehead atoms. The van der Waals surface area contributed by atoms with Gasteiger partial charge in [-0.1, -0.05) is 0 Å². The molecule has 5 heterocycles. The van der Waals surface area contributed by atoms with Crippen molar-refractivity contribution in [3.63, 3.8) is 0 Å². The number of nitrogens with zero attached hydrogens (tertiary/aromatic N) is 7. The topological polar surface area (TPSA) is 63.0 Å². The van der Waals surface area contributed by atoms with Crippen LogP contribution in [-0.4, -0.2) is 50.9 Å². The standard InChI is InChI=1S/C20H21N7S/c1-14-11-15(2)27(24-14)19-12-18(22-13-23-19)25-6-8-26(9-7-25)20-16-4-10-28-17(16)3-5-21-20/h3-5,10-13H,6-9H2,1-2H3. The summed E-state index contributed by atoms with van der Waals surface area (Å²) >= 11 is 1.76. The minimum absolute atomic E-state index is 0.808. The third kappa shape index (κ3) is 2.99. The Hall–Kier alpha value is -3.00. The summed E-state index contributed by atoms with van der Waals surface area (Å²) in [6, 6.07) is 8.33. The fourth-order valence-corrected chi connectivity index (χ4v) is 4.54. The van der Waals surface area contributed by atoms with Gasteiger partial charge in [0.1, 0.15) is 18.0 Å². The smallest absolute Gasteiger partial charge is 0.159 e. The summed E-state index contributed by atoms with van der Waals surface area (Å²) in [4.78, 5) is 18.2. The molecule has 4 aromatic heterocycles. The van der Waals surface area contributed by atoms with E-state index in [1.165, 1.54) is 10.1 Å². The molecule has 4 aromatic rings. The first kappa shape index (κ1) is 17.1. The van der Waals surface area contributed by atoms with Crippen LogP contribution >= 0.6 is 11.3 Å². The summed E-state index contributed by atoms with van der Waals surface area (Å²) in [6.07, 6.45) is 3.53. The Balaban J connectivity index is 1.35. The Morgan fingerprint density at radius 2 is 1.68 bits per heavy atom. The van der Waals surface area contributed by atoms with Crippen LogP contribution in [0.3, 0.4) is 0 Å². The zero-order valence-corrected chi connectivity index (χ0v) is 16.7. The maximum Gasteiger partial charge on any atom is 0.159 e. The minimum atomic E-state index is 0.808. The molecule has 0 aromatic carbocycles. The largest absolute Gasteiger partial charge is 0.353 e. The molecule has 28 heavy (non-hydrogen) atoms. The number of fused-ring (bicyclic) bond motifs is 1. The van der Waals surface area contributed by atoms with Gasteiger partial charge in [0, 0.05) is 54.2 Å². The van der Waals surface area contributed by atoms with Gasteiger partial charge in [-0.3, -0.25) is 0 Å². The number of pyridine rings is 1. The molecule has 142 valence electrons. The molecule has 0 unspecified atom stereocenters. The molecule has 0 atom stereocenters. The third-order valence-electron chi connectivity index (χ3n) is 5.13. The monoisotopic (exact) mass is 391 g/mol. The molecule has 0 N–H and O–H groups in total. The first-order chi connectivity index (χ1) is 13.7. The van der Waals surface area contributed by atoms with Crippen molar-refractivity contribution in [2.24, 2.45) is 0 Å². The Labute approximate surface area is 167 Å². The lowest BCUT2D eigenvalue weighted by atomic mass is 10.2. The van der Waals surface area contributed by atoms with E-state index in [0.717, 1.165) is 55.0 Å². The lowest BCUT2D eigenvalue weighted by molar-refractivity contribution is 0.642. The van der Waals surface area contributed by atoms with Crippen molar-refractivity contribution in [2.45, 2.75) is 13.8 Å². The summed E-state index contributed by atoms with van der Waals surface area (Å²) in [6.45, 7) is 7.67. The second-order valence-electron chi connectivity index (χ2n) is 7.01. The highest BCUT2D eigenvalue weighted by molar-refractivity contribution is 7.17. The van der Waals surface area contributed by atoms with Crippen molar-refractivity contribution in [3.05, 3.63) is 53.6 Å². The molecule has 0 radical (unpaired) electrons. The van der Waals surface area contributed by atoms with Crippen LogP contribution in [0.2, 0.25) is 0 Å². The summed E-state index contributed by atoms with van der Waals surface area (Å²) in [7, 11) is 0. The molecular formula is C20H21N7S. The van der Waals surface area contributed by atoms with E-state index in [0.29, 0.717) is 0 Å². The van der Waals surface area contributed by atoms with E-state index in [-0.39, 0.29) is 0 Å². The fraction of sp³-hybridized carbons (Fsp3) is 0.300. The summed E-state index contributed by atoms with van der Waals surface area (Å²) in [5, 5.41) is 7.91. The van der Waals surface area contributed by atoms with Gasteiger partial charge < -0.3 is 9.80 Å². The maximum absolute atomic E-state index is 4.64. The van der Waals surface area contributed by atoms with Crippen molar-refractivity contribution in [3.8, 4) is 5.82 Å². The SMILES string of the molecule is Cc1cc(C)n(-c2cc(N3CCN(c4nccc5sccc45)CC3)ncn2)n1. The van der Waals surface area contributed by atoms with Gasteiger partial charge in [-0.25, -0.2) is 19.6 Å². The van der Waals surface area contributed by atoms with Crippen LogP contribution in [0.5, 0.6) is 0 Å². The van der Waals surface area contributed by atoms with Crippen molar-refractivity contribution in [1.29, 1.82) is 0 Å². The quantitative estimate of drug-likeness (QED) is 0.534. The van der Waals surface area contributed by atoms with Gasteiger partial charge in [0.2, 0.25) is 0 Å². The number of hydrogen-bond acceptors (Lipinski definition) is 7. The average Bonchev–Trinajstić information content (AvgIpc) is 3.34. The van der Waals surface area contributed by atoms with E-state index in [9.17, 15) is 0 Å². The summed E-state index contributed by atoms with van der Waals surface area (Å²) in [5.41, 5.74) is 2.06. The second-order valence-corrected chi connectivity index (χ2v) is 7.96. The zero-order chi connectivity index (χ0) is 19.1. The average molecular weight is 392 g/mol. The van der Waals surface area contributed by atoms with E-state index in [2.05, 4.69) is 53.4 Å². The molecule has 8 heteroatoms. The molecule has 0 spiro atoms. The number of piperazine rings is 1. The molecule has 0 aliphatic carbocycles. The number of aromatic nitrogens is 5. The van der Waals surface area contributed by atoms with Gasteiger partial charge >= 0.3 is 0 Å². The van der Waals surface area contributed by atoms with Gasteiger partial charge in [-0.2, -0.15) is 5.10 Å². The first-order valence-electron chi connectivity index (χ1n) is 9.37. The van der Waals surface area contributed by atoms with E-state index in [1.807, 2.05) is 30.8 Å². The summed E-state index contributed by atoms with van der Waals surface area (Å²) in [5.74, 6) is 2.84. The molecule has 1 aliphatic heterocycles. The van der Waals surface area contributed by atoms with Crippen LogP contribution in [0.4, 0.5) is 11.6 Å². The van der Waals surface area contributed by atoms with Crippen LogP contribution in [0.1, 0.15) is 11.4 Å². The number of rotatable bonds is 3. The number of thiophene rings is 1. The molecule has 1 saturated heterocycles. The van der Waals surface area contributed by atoms with Crippen LogP contribution in [-0.2, 0) is 0 Å². The minimum Gasteiger partial charge on any atom is -0.353 e. The normalized spacial score (nSPS) is 14.8. The predicted octanol–water partition coefficient (Wildman–Crippen LogP) is 3.22. The highest BCUT2D eigenvalue weighted by Gasteiger charge is 2.21. The first-order valence-corrected chi connectivity index (χ1v) is 10.2. The molecule has 1 fully saturated rings. The molecular weight excluding hydrogens is 370 g/mol. The Bertz CT molecular complexity index is 1120. The highest BCUT2D eigenvalue weighted by Crippen LogP contribution is 2.29. The van der Waals surface area contributed by atoms with E-state index in [1.54, 1.807) is 17.7 Å². The molecule has 7 nitrogen and oxygen atoms in total. The third-order valence-corrected chi connectivity index (χ3v) is 6.01. The highest BCUT2D eigenvalue weighted by atomic mass is 32.1. The van der Waals surface area contributed by atoms with Crippen molar-refractivity contribution in [1.82, 2.24) is 24.7 Å². The predicted molar refractivity (Wildman–Crippen MR) is 113 cm³/mol.